The predicted octanol–water partition coefficient (Wildman–Crippen LogP) is 7.77. The number of nitrogens with zero attached hydrogens (tertiary/aromatic N) is 2. The molecule has 2 heterocycles. The average Bonchev–Trinajstić information content (AvgIpc) is 3.31. The summed E-state index contributed by atoms with van der Waals surface area (Å²) in [6.07, 6.45) is 5.50. The smallest absolute Gasteiger partial charge is 0.247 e. The van der Waals surface area contributed by atoms with E-state index in [4.69, 9.17) is 0 Å². The van der Waals surface area contributed by atoms with E-state index < -0.39 is 11.0 Å². The van der Waals surface area contributed by atoms with E-state index >= 15 is 0 Å². The Morgan fingerprint density at radius 3 is 1.67 bits per heavy atom. The first-order chi connectivity index (χ1) is 22.2. The molecule has 1 aliphatic carbocycles. The van der Waals surface area contributed by atoms with Gasteiger partial charge in [0.2, 0.25) is 17.7 Å². The zero-order valence-electron chi connectivity index (χ0n) is 26.8. The molecule has 0 N–H and O–H groups in total. The highest BCUT2D eigenvalue weighted by Gasteiger charge is 2.50. The van der Waals surface area contributed by atoms with E-state index in [1.165, 1.54) is 4.90 Å². The van der Waals surface area contributed by atoms with Gasteiger partial charge in [0.05, 0.1) is 28.5 Å². The highest BCUT2D eigenvalue weighted by molar-refractivity contribution is 6.10. The molecule has 0 aromatic heterocycles. The first kappa shape index (κ1) is 29.9. The maximum absolute atomic E-state index is 14.2. The molecule has 0 unspecified atom stereocenters. The maximum Gasteiger partial charge on any atom is 0.247 e. The van der Waals surface area contributed by atoms with Gasteiger partial charge in [-0.3, -0.25) is 19.3 Å². The minimum atomic E-state index is -0.649. The summed E-state index contributed by atoms with van der Waals surface area (Å²) in [5.41, 5.74) is 6.08. The number of fused-ring (bicyclic) bond motifs is 2. The van der Waals surface area contributed by atoms with Gasteiger partial charge in [0, 0.05) is 5.56 Å². The van der Waals surface area contributed by atoms with Gasteiger partial charge < -0.3 is 4.90 Å². The van der Waals surface area contributed by atoms with Crippen LogP contribution in [0.5, 0.6) is 0 Å². The number of allylic oxidation sites excluding steroid dienone is 1. The van der Waals surface area contributed by atoms with Gasteiger partial charge in [-0.2, -0.15) is 0 Å². The largest absolute Gasteiger partial charge is 0.301 e. The number of carbonyl (C=O) groups excluding carboxylic acids is 3. The van der Waals surface area contributed by atoms with Crippen molar-refractivity contribution in [1.82, 2.24) is 4.90 Å². The van der Waals surface area contributed by atoms with Crippen molar-refractivity contribution in [2.45, 2.75) is 57.4 Å². The van der Waals surface area contributed by atoms with Gasteiger partial charge in [-0.05, 0) is 73.6 Å². The molecule has 1 saturated carbocycles. The van der Waals surface area contributed by atoms with E-state index in [1.807, 2.05) is 32.0 Å². The van der Waals surface area contributed by atoms with Gasteiger partial charge in [-0.15, -0.1) is 0 Å². The molecule has 232 valence electrons. The Morgan fingerprint density at radius 1 is 0.717 bits per heavy atom. The predicted molar refractivity (Wildman–Crippen MR) is 182 cm³/mol. The third-order valence-electron chi connectivity index (χ3n) is 10.3. The Labute approximate surface area is 271 Å². The van der Waals surface area contributed by atoms with Crippen molar-refractivity contribution >= 4 is 29.0 Å². The number of carbonyl (C=O) groups is 3. The molecule has 3 aliphatic rings. The third kappa shape index (κ3) is 4.72. The topological polar surface area (TPSA) is 57.7 Å². The van der Waals surface area contributed by atoms with Crippen molar-refractivity contribution in [2.75, 3.05) is 11.4 Å². The summed E-state index contributed by atoms with van der Waals surface area (Å²) >= 11 is 0. The molecule has 0 spiro atoms. The second-order valence-corrected chi connectivity index (χ2v) is 13.6. The Balaban J connectivity index is 1.36. The van der Waals surface area contributed by atoms with Crippen LogP contribution in [0.15, 0.2) is 115 Å². The molecule has 2 aliphatic heterocycles. The van der Waals surface area contributed by atoms with Crippen LogP contribution in [0.1, 0.15) is 74.3 Å². The van der Waals surface area contributed by atoms with Crippen molar-refractivity contribution in [1.29, 1.82) is 0 Å². The quantitative estimate of drug-likeness (QED) is 0.166. The summed E-state index contributed by atoms with van der Waals surface area (Å²) in [5, 5.41) is 0. The summed E-state index contributed by atoms with van der Waals surface area (Å²) in [6, 6.07) is 38.1. The molecule has 4 aromatic rings. The summed E-state index contributed by atoms with van der Waals surface area (Å²) in [6.45, 7) is 5.89. The van der Waals surface area contributed by atoms with Gasteiger partial charge in [-0.25, -0.2) is 0 Å². The average molecular weight is 609 g/mol. The zero-order valence-corrected chi connectivity index (χ0v) is 26.8. The number of anilines is 1. The molecule has 5 heteroatoms. The molecule has 1 saturated heterocycles. The van der Waals surface area contributed by atoms with Crippen LogP contribution >= 0.6 is 0 Å². The van der Waals surface area contributed by atoms with Crippen LogP contribution in [0.4, 0.5) is 5.69 Å². The second kappa shape index (κ2) is 11.5. The molecular formula is C41H40N2O3. The normalized spacial score (nSPS) is 20.6. The fraction of sp³-hybridized carbons (Fsp3) is 0.293. The van der Waals surface area contributed by atoms with E-state index in [2.05, 4.69) is 104 Å². The summed E-state index contributed by atoms with van der Waals surface area (Å²) in [7, 11) is 0. The fourth-order valence-corrected chi connectivity index (χ4v) is 8.38. The number of hydrogen-bond donors (Lipinski definition) is 0. The van der Waals surface area contributed by atoms with E-state index in [-0.39, 0.29) is 36.1 Å². The lowest BCUT2D eigenvalue weighted by molar-refractivity contribution is -0.143. The molecular weight excluding hydrogens is 568 g/mol. The molecule has 7 rings (SSSR count). The molecule has 5 nitrogen and oxygen atoms in total. The van der Waals surface area contributed by atoms with E-state index in [9.17, 15) is 14.4 Å². The zero-order chi connectivity index (χ0) is 32.1. The molecule has 2 atom stereocenters. The molecule has 2 fully saturated rings. The lowest BCUT2D eigenvalue weighted by Crippen LogP contribution is -2.53. The minimum Gasteiger partial charge on any atom is -0.301 e. The number of amides is 3. The molecule has 0 radical (unpaired) electrons. The molecule has 46 heavy (non-hydrogen) atoms. The number of benzene rings is 4. The van der Waals surface area contributed by atoms with E-state index in [0.717, 1.165) is 64.8 Å². The second-order valence-electron chi connectivity index (χ2n) is 13.6. The molecule has 4 aromatic carbocycles. The van der Waals surface area contributed by atoms with Crippen molar-refractivity contribution in [3.63, 3.8) is 0 Å². The van der Waals surface area contributed by atoms with Crippen molar-refractivity contribution < 1.29 is 14.4 Å². The van der Waals surface area contributed by atoms with Crippen molar-refractivity contribution in [3.05, 3.63) is 143 Å². The first-order valence-corrected chi connectivity index (χ1v) is 16.4. The Kier molecular flexibility index (Phi) is 7.51. The van der Waals surface area contributed by atoms with E-state index in [1.54, 1.807) is 4.90 Å². The fourth-order valence-electron chi connectivity index (χ4n) is 8.38. The van der Waals surface area contributed by atoms with Crippen LogP contribution in [0.2, 0.25) is 0 Å². The maximum atomic E-state index is 14.2. The highest BCUT2D eigenvalue weighted by Crippen LogP contribution is 2.48. The van der Waals surface area contributed by atoms with E-state index in [0.29, 0.717) is 0 Å². The minimum absolute atomic E-state index is 0.182. The van der Waals surface area contributed by atoms with Crippen LogP contribution < -0.4 is 4.90 Å². The van der Waals surface area contributed by atoms with Crippen molar-refractivity contribution in [3.8, 4) is 0 Å². The van der Waals surface area contributed by atoms with Crippen LogP contribution in [0.25, 0.3) is 5.57 Å². The molecule has 3 amide bonds. The van der Waals surface area contributed by atoms with Crippen LogP contribution in [0, 0.1) is 11.8 Å². The summed E-state index contributed by atoms with van der Waals surface area (Å²) in [5.74, 6) is -1.16. The van der Waals surface area contributed by atoms with Gasteiger partial charge in [0.15, 0.2) is 0 Å². The summed E-state index contributed by atoms with van der Waals surface area (Å²) in [4.78, 5) is 43.9. The first-order valence-electron chi connectivity index (χ1n) is 16.4. The number of hydrogen-bond acceptors (Lipinski definition) is 3. The van der Waals surface area contributed by atoms with Crippen LogP contribution in [0.3, 0.4) is 0 Å². The standard InChI is InChI=1S/C41H40N2O3/c1-28-26-40(2,3)43(37(44)27-42-38(45)33-21-13-14-22-34(33)39(42)46)36-24-23-32(25-35(28)36)41(29-15-7-4-8-16-29,30-17-9-5-10-18-30)31-19-11-6-12-20-31/h4-12,15-20,23-26,33-34H,13-14,21-22,27H2,1-3H3/t33-,34+. The number of rotatable bonds is 6. The van der Waals surface area contributed by atoms with Crippen molar-refractivity contribution in [2.24, 2.45) is 11.8 Å². The van der Waals surface area contributed by atoms with Gasteiger partial charge in [-0.1, -0.05) is 116 Å². The van der Waals surface area contributed by atoms with Crippen LogP contribution in [-0.4, -0.2) is 34.7 Å². The highest BCUT2D eigenvalue weighted by atomic mass is 16.2. The van der Waals surface area contributed by atoms with Gasteiger partial charge in [0.1, 0.15) is 6.54 Å². The number of imide groups is 1. The third-order valence-corrected chi connectivity index (χ3v) is 10.3. The van der Waals surface area contributed by atoms with Gasteiger partial charge >= 0.3 is 0 Å². The lowest BCUT2D eigenvalue weighted by Gasteiger charge is -2.43. The SMILES string of the molecule is CC1=CC(C)(C)N(C(=O)CN2C(=O)[C@H]3CCCC[C@H]3C2=O)c2ccc(C(c3ccccc3)(c3ccccc3)c3ccccc3)cc21. The lowest BCUT2D eigenvalue weighted by atomic mass is 9.64. The van der Waals surface area contributed by atoms with Gasteiger partial charge in [0.25, 0.3) is 0 Å². The Hall–Kier alpha value is -4.77. The van der Waals surface area contributed by atoms with Crippen LogP contribution in [-0.2, 0) is 19.8 Å². The summed E-state index contributed by atoms with van der Waals surface area (Å²) < 4.78 is 0. The monoisotopic (exact) mass is 608 g/mol. The Morgan fingerprint density at radius 2 is 1.20 bits per heavy atom. The Bertz CT molecular complexity index is 1710. The number of likely N-dealkylation sites (tertiary alicyclic amines) is 1. The molecule has 0 bridgehead atoms.